The Morgan fingerprint density at radius 1 is 1.69 bits per heavy atom. The maximum Gasteiger partial charge on any atom is 0.322 e. The first kappa shape index (κ1) is 13.3. The molecule has 0 aliphatic heterocycles. The predicted molar refractivity (Wildman–Crippen MR) is 68.0 cm³/mol. The summed E-state index contributed by atoms with van der Waals surface area (Å²) in [5, 5.41) is 12.2. The van der Waals surface area contributed by atoms with Crippen LogP contribution in [0.3, 0.4) is 0 Å². The third-order valence-electron chi connectivity index (χ3n) is 2.08. The second-order valence-electron chi connectivity index (χ2n) is 3.41. The highest BCUT2D eigenvalue weighted by Crippen LogP contribution is 2.28. The van der Waals surface area contributed by atoms with Gasteiger partial charge in [-0.15, -0.1) is 0 Å². The SMILES string of the molecule is Cc1cc(Br)c(NCC(N)C(=O)O)cc1Cl. The Kier molecular flexibility index (Phi) is 4.58. The molecule has 1 unspecified atom stereocenters. The largest absolute Gasteiger partial charge is 0.480 e. The summed E-state index contributed by atoms with van der Waals surface area (Å²) < 4.78 is 0.826. The van der Waals surface area contributed by atoms with Crippen molar-refractivity contribution in [3.8, 4) is 0 Å². The van der Waals surface area contributed by atoms with Gasteiger partial charge in [-0.3, -0.25) is 4.79 Å². The van der Waals surface area contributed by atoms with Gasteiger partial charge in [-0.05, 0) is 40.5 Å². The van der Waals surface area contributed by atoms with Crippen LogP contribution in [0.5, 0.6) is 0 Å². The third kappa shape index (κ3) is 3.37. The predicted octanol–water partition coefficient (Wildman–Crippen LogP) is 2.23. The Balaban J connectivity index is 2.74. The topological polar surface area (TPSA) is 75.3 Å². The molecule has 88 valence electrons. The van der Waals surface area contributed by atoms with Crippen LogP contribution < -0.4 is 11.1 Å². The first-order chi connectivity index (χ1) is 7.41. The van der Waals surface area contributed by atoms with Gasteiger partial charge >= 0.3 is 5.97 Å². The van der Waals surface area contributed by atoms with E-state index < -0.39 is 12.0 Å². The van der Waals surface area contributed by atoms with Crippen molar-refractivity contribution in [2.45, 2.75) is 13.0 Å². The quantitative estimate of drug-likeness (QED) is 0.797. The summed E-state index contributed by atoms with van der Waals surface area (Å²) in [4.78, 5) is 10.5. The van der Waals surface area contributed by atoms with Gasteiger partial charge in [0.05, 0.1) is 0 Å². The van der Waals surface area contributed by atoms with Crippen LogP contribution >= 0.6 is 27.5 Å². The monoisotopic (exact) mass is 306 g/mol. The van der Waals surface area contributed by atoms with Crippen molar-refractivity contribution >= 4 is 39.2 Å². The maximum absolute atomic E-state index is 10.5. The first-order valence-corrected chi connectivity index (χ1v) is 5.77. The fourth-order valence-electron chi connectivity index (χ4n) is 1.09. The Bertz CT molecular complexity index is 412. The lowest BCUT2D eigenvalue weighted by Crippen LogP contribution is -2.37. The molecule has 1 aromatic carbocycles. The number of nitrogens with two attached hydrogens (primary N) is 1. The number of aliphatic carboxylic acids is 1. The van der Waals surface area contributed by atoms with Gasteiger partial charge in [0.1, 0.15) is 6.04 Å². The minimum Gasteiger partial charge on any atom is -0.480 e. The fourth-order valence-corrected chi connectivity index (χ4v) is 1.85. The Hall–Kier alpha value is -0.780. The lowest BCUT2D eigenvalue weighted by Gasteiger charge is -2.12. The fraction of sp³-hybridized carbons (Fsp3) is 0.300. The summed E-state index contributed by atoms with van der Waals surface area (Å²) in [6.07, 6.45) is 0. The molecule has 0 saturated carbocycles. The number of carbonyl (C=O) groups is 1. The van der Waals surface area contributed by atoms with E-state index in [-0.39, 0.29) is 6.54 Å². The molecule has 0 aliphatic carbocycles. The highest BCUT2D eigenvalue weighted by atomic mass is 79.9. The number of hydrogen-bond acceptors (Lipinski definition) is 3. The van der Waals surface area contributed by atoms with Crippen LogP contribution in [0.25, 0.3) is 0 Å². The molecule has 0 bridgehead atoms. The molecular formula is C10H12BrClN2O2. The smallest absolute Gasteiger partial charge is 0.322 e. The zero-order valence-electron chi connectivity index (χ0n) is 8.63. The zero-order valence-corrected chi connectivity index (χ0v) is 11.0. The van der Waals surface area contributed by atoms with Gasteiger partial charge in [-0.1, -0.05) is 11.6 Å². The molecule has 4 N–H and O–H groups in total. The number of carboxylic acid groups (broad SMARTS) is 1. The van der Waals surface area contributed by atoms with Crippen LogP contribution in [0.2, 0.25) is 5.02 Å². The van der Waals surface area contributed by atoms with Crippen LogP contribution in [0.4, 0.5) is 5.69 Å². The van der Waals surface area contributed by atoms with Crippen molar-refractivity contribution in [1.29, 1.82) is 0 Å². The van der Waals surface area contributed by atoms with E-state index in [0.29, 0.717) is 5.02 Å². The van der Waals surface area contributed by atoms with Crippen LogP contribution in [0.1, 0.15) is 5.56 Å². The lowest BCUT2D eigenvalue weighted by molar-refractivity contribution is -0.138. The molecule has 16 heavy (non-hydrogen) atoms. The number of nitrogens with one attached hydrogen (secondary N) is 1. The van der Waals surface area contributed by atoms with Crippen molar-refractivity contribution in [2.75, 3.05) is 11.9 Å². The standard InChI is InChI=1S/C10H12BrClN2O2/c1-5-2-6(11)9(3-7(5)12)14-4-8(13)10(15)16/h2-3,8,14H,4,13H2,1H3,(H,15,16). The van der Waals surface area contributed by atoms with Gasteiger partial charge in [-0.25, -0.2) is 0 Å². The van der Waals surface area contributed by atoms with E-state index in [1.807, 2.05) is 13.0 Å². The molecule has 0 saturated heterocycles. The molecule has 1 atom stereocenters. The molecule has 0 aromatic heterocycles. The zero-order chi connectivity index (χ0) is 12.3. The molecule has 0 amide bonds. The van der Waals surface area contributed by atoms with Gasteiger partial charge in [0.15, 0.2) is 0 Å². The van der Waals surface area contributed by atoms with Crippen molar-refractivity contribution in [3.05, 3.63) is 27.2 Å². The van der Waals surface area contributed by atoms with Crippen molar-refractivity contribution in [2.24, 2.45) is 5.73 Å². The number of halogens is 2. The number of rotatable bonds is 4. The van der Waals surface area contributed by atoms with E-state index in [1.54, 1.807) is 6.07 Å². The van der Waals surface area contributed by atoms with E-state index in [0.717, 1.165) is 15.7 Å². The Labute approximate surface area is 107 Å². The van der Waals surface area contributed by atoms with Gasteiger partial charge < -0.3 is 16.2 Å². The number of aryl methyl sites for hydroxylation is 1. The summed E-state index contributed by atoms with van der Waals surface area (Å²) in [6, 6.07) is 2.65. The molecular weight excluding hydrogens is 295 g/mol. The highest BCUT2D eigenvalue weighted by molar-refractivity contribution is 9.10. The number of hydrogen-bond donors (Lipinski definition) is 3. The van der Waals surface area contributed by atoms with Crippen molar-refractivity contribution in [1.82, 2.24) is 0 Å². The van der Waals surface area contributed by atoms with E-state index in [4.69, 9.17) is 22.4 Å². The molecule has 0 heterocycles. The van der Waals surface area contributed by atoms with Crippen LogP contribution in [0, 0.1) is 6.92 Å². The molecule has 0 radical (unpaired) electrons. The highest BCUT2D eigenvalue weighted by Gasteiger charge is 2.12. The summed E-state index contributed by atoms with van der Waals surface area (Å²) in [6.45, 7) is 2.03. The average Bonchev–Trinajstić information content (AvgIpc) is 2.20. The average molecular weight is 308 g/mol. The van der Waals surface area contributed by atoms with E-state index in [9.17, 15) is 4.79 Å². The van der Waals surface area contributed by atoms with Crippen LogP contribution in [-0.4, -0.2) is 23.7 Å². The molecule has 6 heteroatoms. The minimum atomic E-state index is -1.04. The number of anilines is 1. The second kappa shape index (κ2) is 5.52. The van der Waals surface area contributed by atoms with Crippen LogP contribution in [0.15, 0.2) is 16.6 Å². The molecule has 0 aliphatic rings. The summed E-state index contributed by atoms with van der Waals surface area (Å²) >= 11 is 9.31. The minimum absolute atomic E-state index is 0.146. The summed E-state index contributed by atoms with van der Waals surface area (Å²) in [7, 11) is 0. The maximum atomic E-state index is 10.5. The number of benzene rings is 1. The van der Waals surface area contributed by atoms with E-state index >= 15 is 0 Å². The first-order valence-electron chi connectivity index (χ1n) is 4.59. The van der Waals surface area contributed by atoms with E-state index in [1.165, 1.54) is 0 Å². The Morgan fingerprint density at radius 2 is 2.31 bits per heavy atom. The van der Waals surface area contributed by atoms with Gasteiger partial charge in [0.2, 0.25) is 0 Å². The summed E-state index contributed by atoms with van der Waals surface area (Å²) in [5.74, 6) is -1.04. The molecule has 1 rings (SSSR count). The van der Waals surface area contributed by atoms with Crippen molar-refractivity contribution < 1.29 is 9.90 Å². The number of carboxylic acids is 1. The van der Waals surface area contributed by atoms with Gasteiger partial charge in [0.25, 0.3) is 0 Å². The van der Waals surface area contributed by atoms with Crippen LogP contribution in [-0.2, 0) is 4.79 Å². The van der Waals surface area contributed by atoms with Crippen molar-refractivity contribution in [3.63, 3.8) is 0 Å². The van der Waals surface area contributed by atoms with Gasteiger partial charge in [0, 0.05) is 21.7 Å². The second-order valence-corrected chi connectivity index (χ2v) is 4.67. The summed E-state index contributed by atoms with van der Waals surface area (Å²) in [5.41, 5.74) is 7.05. The normalized spacial score (nSPS) is 12.2. The van der Waals surface area contributed by atoms with E-state index in [2.05, 4.69) is 21.2 Å². The lowest BCUT2D eigenvalue weighted by atomic mass is 10.2. The third-order valence-corrected chi connectivity index (χ3v) is 3.14. The Morgan fingerprint density at radius 3 is 2.88 bits per heavy atom. The molecule has 0 fully saturated rings. The van der Waals surface area contributed by atoms with Gasteiger partial charge in [-0.2, -0.15) is 0 Å². The molecule has 1 aromatic rings. The molecule has 0 spiro atoms. The molecule has 4 nitrogen and oxygen atoms in total.